The van der Waals surface area contributed by atoms with Gasteiger partial charge in [-0.3, -0.25) is 0 Å². The molecular weight excluding hydrogens is 200 g/mol. The van der Waals surface area contributed by atoms with Gasteiger partial charge in [-0.25, -0.2) is 8.78 Å². The van der Waals surface area contributed by atoms with Gasteiger partial charge >= 0.3 is 0 Å². The van der Waals surface area contributed by atoms with Crippen molar-refractivity contribution in [3.05, 3.63) is 35.5 Å². The second kappa shape index (κ2) is 3.03. The van der Waals surface area contributed by atoms with Gasteiger partial charge in [-0.05, 0) is 26.0 Å². The van der Waals surface area contributed by atoms with E-state index < -0.39 is 17.2 Å². The van der Waals surface area contributed by atoms with Gasteiger partial charge in [0.05, 0.1) is 16.7 Å². The molecule has 2 N–H and O–H groups in total. The lowest BCUT2D eigenvalue weighted by Gasteiger charge is -2.19. The third kappa shape index (κ3) is 1.51. The number of aromatic amines is 1. The van der Waals surface area contributed by atoms with Crippen LogP contribution in [0.1, 0.15) is 19.4 Å². The van der Waals surface area contributed by atoms with Crippen LogP contribution in [0.15, 0.2) is 18.3 Å². The fourth-order valence-corrected chi connectivity index (χ4v) is 1.69. The first-order valence-electron chi connectivity index (χ1n) is 4.59. The third-order valence-electron chi connectivity index (χ3n) is 2.35. The van der Waals surface area contributed by atoms with Crippen LogP contribution in [0.2, 0.25) is 0 Å². The van der Waals surface area contributed by atoms with Crippen LogP contribution in [0.25, 0.3) is 10.9 Å². The molecule has 0 fully saturated rings. The summed E-state index contributed by atoms with van der Waals surface area (Å²) in [5, 5.41) is 10.1. The lowest BCUT2D eigenvalue weighted by molar-refractivity contribution is 0.0706. The number of benzene rings is 1. The molecule has 0 bridgehead atoms. The average Bonchev–Trinajstić information content (AvgIpc) is 2.48. The Labute approximate surface area is 85.5 Å². The normalized spacial score (nSPS) is 12.3. The van der Waals surface area contributed by atoms with Crippen LogP contribution in [0.5, 0.6) is 0 Å². The predicted octanol–water partition coefficient (Wildman–Crippen LogP) is 2.67. The quantitative estimate of drug-likeness (QED) is 0.747. The van der Waals surface area contributed by atoms with E-state index in [-0.39, 0.29) is 11.1 Å². The maximum atomic E-state index is 13.8. The Morgan fingerprint density at radius 1 is 1.33 bits per heavy atom. The summed E-state index contributed by atoms with van der Waals surface area (Å²) in [6.07, 6.45) is 1.53. The number of rotatable bonds is 1. The first-order valence-corrected chi connectivity index (χ1v) is 4.59. The van der Waals surface area contributed by atoms with Gasteiger partial charge in [0.25, 0.3) is 0 Å². The Morgan fingerprint density at radius 3 is 2.60 bits per heavy atom. The lowest BCUT2D eigenvalue weighted by Crippen LogP contribution is -2.20. The van der Waals surface area contributed by atoms with Gasteiger partial charge in [0.2, 0.25) is 0 Å². The highest BCUT2D eigenvalue weighted by Crippen LogP contribution is 2.30. The van der Waals surface area contributed by atoms with Crippen LogP contribution in [0.3, 0.4) is 0 Å². The maximum absolute atomic E-state index is 13.8. The van der Waals surface area contributed by atoms with Crippen molar-refractivity contribution in [2.45, 2.75) is 19.4 Å². The molecule has 0 saturated carbocycles. The first-order chi connectivity index (χ1) is 6.91. The molecule has 2 aromatic rings. The molecule has 2 rings (SSSR count). The van der Waals surface area contributed by atoms with Crippen molar-refractivity contribution in [1.29, 1.82) is 0 Å². The van der Waals surface area contributed by atoms with Crippen molar-refractivity contribution in [2.24, 2.45) is 0 Å². The first kappa shape index (κ1) is 10.1. The Kier molecular flexibility index (Phi) is 2.04. The molecule has 0 aliphatic rings. The average molecular weight is 211 g/mol. The van der Waals surface area contributed by atoms with Crippen LogP contribution < -0.4 is 0 Å². The smallest absolute Gasteiger partial charge is 0.156 e. The molecule has 0 saturated heterocycles. The molecule has 0 amide bonds. The maximum Gasteiger partial charge on any atom is 0.156 e. The lowest BCUT2D eigenvalue weighted by atomic mass is 9.96. The molecule has 0 radical (unpaired) electrons. The topological polar surface area (TPSA) is 36.0 Å². The molecule has 0 aliphatic carbocycles. The van der Waals surface area contributed by atoms with E-state index in [0.29, 0.717) is 5.39 Å². The minimum absolute atomic E-state index is 0.216. The monoisotopic (exact) mass is 211 g/mol. The minimum Gasteiger partial charge on any atom is -0.386 e. The summed E-state index contributed by atoms with van der Waals surface area (Å²) in [6.45, 7) is 2.70. The van der Waals surface area contributed by atoms with Gasteiger partial charge in [0.1, 0.15) is 5.82 Å². The minimum atomic E-state index is -1.53. The van der Waals surface area contributed by atoms with Crippen molar-refractivity contribution in [2.75, 3.05) is 0 Å². The van der Waals surface area contributed by atoms with Gasteiger partial charge in [-0.1, -0.05) is 0 Å². The summed E-state index contributed by atoms with van der Waals surface area (Å²) >= 11 is 0. The number of nitrogens with one attached hydrogen (secondary N) is 1. The van der Waals surface area contributed by atoms with E-state index in [1.54, 1.807) is 6.07 Å². The number of H-pyrrole nitrogens is 1. The van der Waals surface area contributed by atoms with Gasteiger partial charge in [0.15, 0.2) is 5.82 Å². The van der Waals surface area contributed by atoms with Crippen LogP contribution >= 0.6 is 0 Å². The van der Waals surface area contributed by atoms with Crippen molar-refractivity contribution < 1.29 is 13.9 Å². The fraction of sp³-hybridized carbons (Fsp3) is 0.273. The summed E-state index contributed by atoms with van der Waals surface area (Å²) in [5.41, 5.74) is -1.63. The molecule has 2 nitrogen and oxygen atoms in total. The van der Waals surface area contributed by atoms with Crippen LogP contribution in [-0.2, 0) is 5.60 Å². The van der Waals surface area contributed by atoms with Crippen molar-refractivity contribution in [1.82, 2.24) is 4.98 Å². The molecule has 1 aromatic carbocycles. The SMILES string of the molecule is CC(C)(O)c1c(F)cc2cc[nH]c2c1F. The summed E-state index contributed by atoms with van der Waals surface area (Å²) in [4.78, 5) is 2.67. The number of halogens is 2. The number of aromatic nitrogens is 1. The highest BCUT2D eigenvalue weighted by atomic mass is 19.1. The Bertz CT molecular complexity index is 511. The van der Waals surface area contributed by atoms with Crippen LogP contribution in [0.4, 0.5) is 8.78 Å². The number of hydrogen-bond acceptors (Lipinski definition) is 1. The van der Waals surface area contributed by atoms with Crippen LogP contribution in [0, 0.1) is 11.6 Å². The summed E-state index contributed by atoms with van der Waals surface area (Å²) in [7, 11) is 0. The molecule has 15 heavy (non-hydrogen) atoms. The van der Waals surface area contributed by atoms with Gasteiger partial charge in [0, 0.05) is 11.6 Å². The van der Waals surface area contributed by atoms with Crippen molar-refractivity contribution >= 4 is 10.9 Å². The molecule has 0 atom stereocenters. The second-order valence-electron chi connectivity index (χ2n) is 4.05. The standard InChI is InChI=1S/C11H11F2NO/c1-11(2,15)8-7(12)5-6-3-4-14-10(6)9(8)13/h3-5,14-15H,1-2H3. The molecule has 4 heteroatoms. The highest BCUT2D eigenvalue weighted by Gasteiger charge is 2.27. The van der Waals surface area contributed by atoms with E-state index >= 15 is 0 Å². The van der Waals surface area contributed by atoms with Crippen molar-refractivity contribution in [3.8, 4) is 0 Å². The molecule has 0 spiro atoms. The van der Waals surface area contributed by atoms with E-state index in [2.05, 4.69) is 4.98 Å². The number of hydrogen-bond donors (Lipinski definition) is 2. The van der Waals surface area contributed by atoms with Gasteiger partial charge in [-0.2, -0.15) is 0 Å². The Hall–Kier alpha value is -1.42. The van der Waals surface area contributed by atoms with Gasteiger partial charge in [-0.15, -0.1) is 0 Å². The largest absolute Gasteiger partial charge is 0.386 e. The zero-order valence-electron chi connectivity index (χ0n) is 8.44. The van der Waals surface area contributed by atoms with Crippen LogP contribution in [-0.4, -0.2) is 10.1 Å². The number of fused-ring (bicyclic) bond motifs is 1. The van der Waals surface area contributed by atoms with E-state index in [9.17, 15) is 13.9 Å². The van der Waals surface area contributed by atoms with E-state index in [1.807, 2.05) is 0 Å². The zero-order valence-corrected chi connectivity index (χ0v) is 8.44. The molecule has 80 valence electrons. The predicted molar refractivity (Wildman–Crippen MR) is 53.5 cm³/mol. The zero-order chi connectivity index (χ0) is 11.2. The molecule has 1 heterocycles. The molecule has 0 aliphatic heterocycles. The molecule has 0 unspecified atom stereocenters. The summed E-state index contributed by atoms with van der Waals surface area (Å²) in [5.74, 6) is -1.46. The Balaban J connectivity index is 2.84. The Morgan fingerprint density at radius 2 is 2.00 bits per heavy atom. The highest BCUT2D eigenvalue weighted by molar-refractivity contribution is 5.81. The fourth-order valence-electron chi connectivity index (χ4n) is 1.69. The summed E-state index contributed by atoms with van der Waals surface area (Å²) < 4.78 is 27.4. The summed E-state index contributed by atoms with van der Waals surface area (Å²) in [6, 6.07) is 2.79. The van der Waals surface area contributed by atoms with Gasteiger partial charge < -0.3 is 10.1 Å². The van der Waals surface area contributed by atoms with E-state index in [1.165, 1.54) is 26.1 Å². The third-order valence-corrected chi connectivity index (χ3v) is 2.35. The number of aliphatic hydroxyl groups is 1. The van der Waals surface area contributed by atoms with E-state index in [0.717, 1.165) is 0 Å². The van der Waals surface area contributed by atoms with E-state index in [4.69, 9.17) is 0 Å². The second-order valence-corrected chi connectivity index (χ2v) is 4.05. The molecule has 1 aromatic heterocycles. The molecular formula is C11H11F2NO. The van der Waals surface area contributed by atoms with Crippen molar-refractivity contribution in [3.63, 3.8) is 0 Å².